The van der Waals surface area contributed by atoms with Crippen LogP contribution in [0.25, 0.3) is 11.1 Å². The fourth-order valence-corrected chi connectivity index (χ4v) is 4.63. The second-order valence-electron chi connectivity index (χ2n) is 8.87. The summed E-state index contributed by atoms with van der Waals surface area (Å²) < 4.78 is 17.4. The van der Waals surface area contributed by atoms with Gasteiger partial charge in [-0.2, -0.15) is 0 Å². The first-order chi connectivity index (χ1) is 16.1. The molecule has 2 amide bonds. The number of rotatable bonds is 4. The van der Waals surface area contributed by atoms with Crippen molar-refractivity contribution in [2.24, 2.45) is 5.92 Å². The second kappa shape index (κ2) is 9.43. The molecule has 0 N–H and O–H groups in total. The van der Waals surface area contributed by atoms with E-state index in [1.165, 1.54) is 0 Å². The van der Waals surface area contributed by atoms with Gasteiger partial charge in [0.05, 0.1) is 13.2 Å². The number of amides is 2. The first-order valence-corrected chi connectivity index (χ1v) is 11.8. The monoisotopic (exact) mass is 450 g/mol. The zero-order valence-corrected chi connectivity index (χ0v) is 19.0. The third-order valence-electron chi connectivity index (χ3n) is 6.77. The van der Waals surface area contributed by atoms with Gasteiger partial charge in [0.1, 0.15) is 5.75 Å². The average molecular weight is 451 g/mol. The van der Waals surface area contributed by atoms with E-state index >= 15 is 0 Å². The lowest BCUT2D eigenvalue weighted by atomic mass is 9.95. The molecule has 7 heteroatoms. The fraction of sp³-hybridized carbons (Fsp3) is 0.462. The summed E-state index contributed by atoms with van der Waals surface area (Å²) in [7, 11) is 0. The van der Waals surface area contributed by atoms with Gasteiger partial charge in [-0.3, -0.25) is 4.79 Å². The van der Waals surface area contributed by atoms with Crippen molar-refractivity contribution in [3.63, 3.8) is 0 Å². The van der Waals surface area contributed by atoms with Gasteiger partial charge in [-0.15, -0.1) is 0 Å². The van der Waals surface area contributed by atoms with Gasteiger partial charge in [-0.25, -0.2) is 4.79 Å². The second-order valence-corrected chi connectivity index (χ2v) is 8.87. The Labute approximate surface area is 194 Å². The minimum atomic E-state index is -0.292. The Kier molecular flexibility index (Phi) is 6.22. The van der Waals surface area contributed by atoms with Gasteiger partial charge in [0.25, 0.3) is 5.91 Å². The topological polar surface area (TPSA) is 68.3 Å². The van der Waals surface area contributed by atoms with Crippen LogP contribution in [0.4, 0.5) is 4.79 Å². The van der Waals surface area contributed by atoms with Crippen LogP contribution in [-0.2, 0) is 16.1 Å². The molecule has 3 aliphatic rings. The highest BCUT2D eigenvalue weighted by molar-refractivity contribution is 5.95. The lowest BCUT2D eigenvalue weighted by Crippen LogP contribution is -2.44. The van der Waals surface area contributed by atoms with Crippen LogP contribution in [0.2, 0.25) is 0 Å². The molecule has 0 saturated carbocycles. The molecule has 3 aliphatic heterocycles. The number of nitrogens with zero attached hydrogens (tertiary/aromatic N) is 2. The van der Waals surface area contributed by atoms with E-state index in [0.717, 1.165) is 60.4 Å². The van der Waals surface area contributed by atoms with Crippen LogP contribution in [0.1, 0.15) is 42.1 Å². The number of ether oxygens (including phenoxy) is 3. The molecule has 7 nitrogen and oxygen atoms in total. The number of benzene rings is 2. The van der Waals surface area contributed by atoms with Gasteiger partial charge in [0, 0.05) is 43.2 Å². The molecule has 0 aromatic heterocycles. The predicted molar refractivity (Wildman–Crippen MR) is 123 cm³/mol. The van der Waals surface area contributed by atoms with E-state index in [4.69, 9.17) is 14.2 Å². The Hall–Kier alpha value is -3.06. The molecule has 2 saturated heterocycles. The highest BCUT2D eigenvalue weighted by atomic mass is 16.7. The molecule has 0 spiro atoms. The van der Waals surface area contributed by atoms with Gasteiger partial charge >= 0.3 is 6.09 Å². The summed E-state index contributed by atoms with van der Waals surface area (Å²) >= 11 is 0. The SMILES string of the molecule is CCOC(=O)N1CCC(C2OCc3cc(-c4ccc(C(=O)N5CCC5)cc4)ccc3O2)CC1. The summed E-state index contributed by atoms with van der Waals surface area (Å²) in [6.07, 6.45) is 2.23. The third-order valence-corrected chi connectivity index (χ3v) is 6.77. The average Bonchev–Trinajstić information content (AvgIpc) is 2.82. The van der Waals surface area contributed by atoms with Gasteiger partial charge in [0.15, 0.2) is 0 Å². The molecule has 0 aliphatic carbocycles. The van der Waals surface area contributed by atoms with E-state index in [1.807, 2.05) is 42.2 Å². The highest BCUT2D eigenvalue weighted by Crippen LogP contribution is 2.35. The van der Waals surface area contributed by atoms with Crippen molar-refractivity contribution in [2.75, 3.05) is 32.8 Å². The molecule has 174 valence electrons. The van der Waals surface area contributed by atoms with E-state index in [0.29, 0.717) is 26.3 Å². The molecule has 1 unspecified atom stereocenters. The fourth-order valence-electron chi connectivity index (χ4n) is 4.63. The molecule has 2 aromatic rings. The summed E-state index contributed by atoms with van der Waals surface area (Å²) in [5.41, 5.74) is 3.89. The van der Waals surface area contributed by atoms with Crippen LogP contribution < -0.4 is 4.74 Å². The van der Waals surface area contributed by atoms with E-state index in [1.54, 1.807) is 4.90 Å². The van der Waals surface area contributed by atoms with Crippen molar-refractivity contribution in [2.45, 2.75) is 39.1 Å². The van der Waals surface area contributed by atoms with Crippen LogP contribution >= 0.6 is 0 Å². The molecule has 2 fully saturated rings. The molecule has 1 atom stereocenters. The maximum Gasteiger partial charge on any atom is 0.409 e. The van der Waals surface area contributed by atoms with Gasteiger partial charge < -0.3 is 24.0 Å². The van der Waals surface area contributed by atoms with Crippen LogP contribution in [0, 0.1) is 5.92 Å². The van der Waals surface area contributed by atoms with Crippen molar-refractivity contribution >= 4 is 12.0 Å². The lowest BCUT2D eigenvalue weighted by molar-refractivity contribution is -0.148. The zero-order chi connectivity index (χ0) is 22.8. The van der Waals surface area contributed by atoms with Gasteiger partial charge in [-0.05, 0) is 61.6 Å². The molecule has 33 heavy (non-hydrogen) atoms. The first kappa shape index (κ1) is 21.8. The van der Waals surface area contributed by atoms with Crippen molar-refractivity contribution in [1.29, 1.82) is 0 Å². The summed E-state index contributed by atoms with van der Waals surface area (Å²) in [5, 5.41) is 0. The van der Waals surface area contributed by atoms with Crippen LogP contribution in [0.3, 0.4) is 0 Å². The molecular formula is C26H30N2O5. The lowest BCUT2D eigenvalue weighted by Gasteiger charge is -2.37. The van der Waals surface area contributed by atoms with Gasteiger partial charge in [-0.1, -0.05) is 18.2 Å². The standard InChI is InChI=1S/C26H30N2O5/c1-2-31-26(30)28-14-10-20(11-15-28)25-32-17-22-16-21(8-9-23(22)33-25)18-4-6-19(7-5-18)24(29)27-12-3-13-27/h4-9,16,20,25H,2-3,10-15,17H2,1H3. The normalized spacial score (nSPS) is 20.5. The number of carbonyl (C=O) groups is 2. The number of likely N-dealkylation sites (tertiary alicyclic amines) is 2. The van der Waals surface area contributed by atoms with Crippen LogP contribution in [0.15, 0.2) is 42.5 Å². The Morgan fingerprint density at radius 1 is 0.970 bits per heavy atom. The maximum atomic E-state index is 12.4. The number of piperidine rings is 1. The first-order valence-electron chi connectivity index (χ1n) is 11.8. The van der Waals surface area contributed by atoms with Gasteiger partial charge in [0.2, 0.25) is 6.29 Å². The van der Waals surface area contributed by atoms with Crippen molar-refractivity contribution in [3.8, 4) is 16.9 Å². The molecule has 3 heterocycles. The van der Waals surface area contributed by atoms with E-state index in [-0.39, 0.29) is 24.2 Å². The smallest absolute Gasteiger partial charge is 0.409 e. The van der Waals surface area contributed by atoms with Crippen molar-refractivity contribution in [3.05, 3.63) is 53.6 Å². The molecule has 2 aromatic carbocycles. The maximum absolute atomic E-state index is 12.4. The molecular weight excluding hydrogens is 420 g/mol. The number of carbonyl (C=O) groups excluding carboxylic acids is 2. The summed E-state index contributed by atoms with van der Waals surface area (Å²) in [5.74, 6) is 1.21. The number of hydrogen-bond donors (Lipinski definition) is 0. The van der Waals surface area contributed by atoms with Crippen LogP contribution in [0.5, 0.6) is 5.75 Å². The molecule has 0 radical (unpaired) electrons. The van der Waals surface area contributed by atoms with E-state index in [9.17, 15) is 9.59 Å². The predicted octanol–water partition coefficient (Wildman–Crippen LogP) is 4.30. The summed E-state index contributed by atoms with van der Waals surface area (Å²) in [6.45, 7) is 5.75. The summed E-state index contributed by atoms with van der Waals surface area (Å²) in [4.78, 5) is 27.9. The van der Waals surface area contributed by atoms with E-state index < -0.39 is 0 Å². The quantitative estimate of drug-likeness (QED) is 0.695. The Morgan fingerprint density at radius 3 is 2.36 bits per heavy atom. The zero-order valence-electron chi connectivity index (χ0n) is 19.0. The summed E-state index contributed by atoms with van der Waals surface area (Å²) in [6, 6.07) is 14.0. The number of hydrogen-bond acceptors (Lipinski definition) is 5. The van der Waals surface area contributed by atoms with Crippen molar-refractivity contribution < 1.29 is 23.8 Å². The third kappa shape index (κ3) is 4.55. The number of fused-ring (bicyclic) bond motifs is 1. The largest absolute Gasteiger partial charge is 0.464 e. The molecule has 0 bridgehead atoms. The Morgan fingerprint density at radius 2 is 1.70 bits per heavy atom. The molecule has 5 rings (SSSR count). The van der Waals surface area contributed by atoms with E-state index in [2.05, 4.69) is 12.1 Å². The minimum absolute atomic E-state index is 0.110. The highest BCUT2D eigenvalue weighted by Gasteiger charge is 2.33. The van der Waals surface area contributed by atoms with Crippen LogP contribution in [-0.4, -0.2) is 60.9 Å². The Balaban J connectivity index is 1.21. The van der Waals surface area contributed by atoms with Crippen molar-refractivity contribution in [1.82, 2.24) is 9.80 Å². The Bertz CT molecular complexity index is 1010. The minimum Gasteiger partial charge on any atom is -0.464 e.